The molecule has 0 bridgehead atoms. The summed E-state index contributed by atoms with van der Waals surface area (Å²) < 4.78 is 8.55. The van der Waals surface area contributed by atoms with E-state index in [2.05, 4.69) is 15.5 Å². The highest BCUT2D eigenvalue weighted by Crippen LogP contribution is 2.19. The SMILES string of the molecule is CCOc1ccc(-n2ccn3c(SCC(=O)Nc4ccc(C)c(C)c4)nnc3c2=O)cc1. The molecule has 0 unspecified atom stereocenters. The molecule has 4 aromatic rings. The van der Waals surface area contributed by atoms with E-state index in [4.69, 9.17) is 4.74 Å². The number of anilines is 1. The first-order valence-electron chi connectivity index (χ1n) is 10.2. The zero-order valence-corrected chi connectivity index (χ0v) is 18.8. The van der Waals surface area contributed by atoms with Gasteiger partial charge < -0.3 is 10.1 Å². The zero-order chi connectivity index (χ0) is 22.7. The molecular formula is C23H23N5O3S. The summed E-state index contributed by atoms with van der Waals surface area (Å²) in [7, 11) is 0. The Labute approximate surface area is 189 Å². The van der Waals surface area contributed by atoms with Crippen LogP contribution in [-0.2, 0) is 4.79 Å². The van der Waals surface area contributed by atoms with E-state index < -0.39 is 0 Å². The zero-order valence-electron chi connectivity index (χ0n) is 18.0. The number of rotatable bonds is 7. The van der Waals surface area contributed by atoms with Crippen molar-refractivity contribution in [1.29, 1.82) is 0 Å². The van der Waals surface area contributed by atoms with Crippen molar-refractivity contribution in [3.63, 3.8) is 0 Å². The van der Waals surface area contributed by atoms with Gasteiger partial charge in [-0.1, -0.05) is 17.8 Å². The monoisotopic (exact) mass is 449 g/mol. The minimum atomic E-state index is -0.296. The predicted molar refractivity (Wildman–Crippen MR) is 125 cm³/mol. The van der Waals surface area contributed by atoms with Crippen LogP contribution in [-0.4, -0.2) is 37.4 Å². The Morgan fingerprint density at radius 2 is 1.84 bits per heavy atom. The number of hydrogen-bond acceptors (Lipinski definition) is 6. The second-order valence-electron chi connectivity index (χ2n) is 7.21. The number of carbonyl (C=O) groups excluding carboxylic acids is 1. The third-order valence-electron chi connectivity index (χ3n) is 4.99. The molecule has 0 spiro atoms. The number of ether oxygens (including phenoxy) is 1. The number of fused-ring (bicyclic) bond motifs is 1. The largest absolute Gasteiger partial charge is 0.494 e. The van der Waals surface area contributed by atoms with E-state index in [0.717, 1.165) is 17.0 Å². The van der Waals surface area contributed by atoms with Crippen LogP contribution in [0.15, 0.2) is 64.8 Å². The molecule has 164 valence electrons. The molecule has 0 saturated carbocycles. The van der Waals surface area contributed by atoms with Crippen molar-refractivity contribution < 1.29 is 9.53 Å². The van der Waals surface area contributed by atoms with Crippen LogP contribution in [0.2, 0.25) is 0 Å². The number of benzene rings is 2. The number of amides is 1. The van der Waals surface area contributed by atoms with Crippen LogP contribution < -0.4 is 15.6 Å². The van der Waals surface area contributed by atoms with Gasteiger partial charge in [0.2, 0.25) is 11.6 Å². The van der Waals surface area contributed by atoms with Gasteiger partial charge in [0.15, 0.2) is 5.16 Å². The van der Waals surface area contributed by atoms with E-state index in [1.165, 1.54) is 21.9 Å². The summed E-state index contributed by atoms with van der Waals surface area (Å²) in [6, 6.07) is 13.0. The highest BCUT2D eigenvalue weighted by molar-refractivity contribution is 7.99. The van der Waals surface area contributed by atoms with Crippen molar-refractivity contribution in [1.82, 2.24) is 19.2 Å². The molecular weight excluding hydrogens is 426 g/mol. The lowest BCUT2D eigenvalue weighted by Gasteiger charge is -2.08. The molecule has 1 amide bonds. The second-order valence-corrected chi connectivity index (χ2v) is 8.15. The van der Waals surface area contributed by atoms with Crippen molar-refractivity contribution in [2.24, 2.45) is 0 Å². The molecule has 0 atom stereocenters. The first-order valence-corrected chi connectivity index (χ1v) is 11.1. The summed E-state index contributed by atoms with van der Waals surface area (Å²) in [6.45, 7) is 6.52. The Balaban J connectivity index is 1.48. The van der Waals surface area contributed by atoms with Crippen LogP contribution in [0.1, 0.15) is 18.1 Å². The summed E-state index contributed by atoms with van der Waals surface area (Å²) in [6.07, 6.45) is 3.38. The Kier molecular flexibility index (Phi) is 6.27. The van der Waals surface area contributed by atoms with Gasteiger partial charge in [0.25, 0.3) is 0 Å². The second kappa shape index (κ2) is 9.27. The van der Waals surface area contributed by atoms with Gasteiger partial charge in [-0.2, -0.15) is 0 Å². The molecule has 8 nitrogen and oxygen atoms in total. The van der Waals surface area contributed by atoms with E-state index in [-0.39, 0.29) is 22.9 Å². The fourth-order valence-corrected chi connectivity index (χ4v) is 3.90. The number of nitrogens with zero attached hydrogens (tertiary/aromatic N) is 4. The number of aryl methyl sites for hydroxylation is 2. The smallest absolute Gasteiger partial charge is 0.300 e. The molecule has 0 aliphatic rings. The van der Waals surface area contributed by atoms with Crippen molar-refractivity contribution in [2.45, 2.75) is 25.9 Å². The Bertz CT molecular complexity index is 1330. The van der Waals surface area contributed by atoms with E-state index in [1.54, 1.807) is 16.8 Å². The van der Waals surface area contributed by atoms with Gasteiger partial charge in [-0.25, -0.2) is 0 Å². The van der Waals surface area contributed by atoms with Gasteiger partial charge in [-0.3, -0.25) is 18.6 Å². The van der Waals surface area contributed by atoms with Crippen LogP contribution in [0.5, 0.6) is 5.75 Å². The normalized spacial score (nSPS) is 11.0. The highest BCUT2D eigenvalue weighted by atomic mass is 32.2. The van der Waals surface area contributed by atoms with Gasteiger partial charge in [0.1, 0.15) is 5.75 Å². The van der Waals surface area contributed by atoms with E-state index >= 15 is 0 Å². The number of nitrogens with one attached hydrogen (secondary N) is 1. The minimum absolute atomic E-state index is 0.149. The van der Waals surface area contributed by atoms with Crippen molar-refractivity contribution in [3.05, 3.63) is 76.3 Å². The molecule has 0 saturated heterocycles. The fourth-order valence-electron chi connectivity index (χ4n) is 3.18. The van der Waals surface area contributed by atoms with Crippen molar-refractivity contribution in [2.75, 3.05) is 17.7 Å². The predicted octanol–water partition coefficient (Wildman–Crippen LogP) is 3.63. The Hall–Kier alpha value is -3.59. The molecule has 32 heavy (non-hydrogen) atoms. The van der Waals surface area contributed by atoms with Gasteiger partial charge in [0, 0.05) is 23.8 Å². The Morgan fingerprint density at radius 3 is 2.56 bits per heavy atom. The lowest BCUT2D eigenvalue weighted by Crippen LogP contribution is -2.20. The van der Waals surface area contributed by atoms with Gasteiger partial charge in [0.05, 0.1) is 12.4 Å². The molecule has 1 N–H and O–H groups in total. The molecule has 9 heteroatoms. The lowest BCUT2D eigenvalue weighted by atomic mass is 10.1. The summed E-state index contributed by atoms with van der Waals surface area (Å²) in [5.74, 6) is 0.735. The van der Waals surface area contributed by atoms with Crippen molar-refractivity contribution in [3.8, 4) is 11.4 Å². The topological polar surface area (TPSA) is 90.5 Å². The van der Waals surface area contributed by atoms with Crippen LogP contribution in [0, 0.1) is 13.8 Å². The number of carbonyl (C=O) groups is 1. The van der Waals surface area contributed by atoms with E-state index in [9.17, 15) is 9.59 Å². The summed E-state index contributed by atoms with van der Waals surface area (Å²) in [4.78, 5) is 25.3. The van der Waals surface area contributed by atoms with Crippen LogP contribution in [0.4, 0.5) is 5.69 Å². The first-order chi connectivity index (χ1) is 15.5. The van der Waals surface area contributed by atoms with E-state index in [0.29, 0.717) is 17.5 Å². The third kappa shape index (κ3) is 4.52. The number of hydrogen-bond donors (Lipinski definition) is 1. The van der Waals surface area contributed by atoms with Gasteiger partial charge >= 0.3 is 5.56 Å². The quantitative estimate of drug-likeness (QED) is 0.434. The maximum absolute atomic E-state index is 12.9. The summed E-state index contributed by atoms with van der Waals surface area (Å²) in [5, 5.41) is 11.5. The molecule has 0 aliphatic heterocycles. The average molecular weight is 450 g/mol. The van der Waals surface area contributed by atoms with E-state index in [1.807, 2.05) is 63.2 Å². The molecule has 2 heterocycles. The lowest BCUT2D eigenvalue weighted by molar-refractivity contribution is -0.113. The van der Waals surface area contributed by atoms with Crippen molar-refractivity contribution >= 4 is 29.0 Å². The Morgan fingerprint density at radius 1 is 1.06 bits per heavy atom. The number of thioether (sulfide) groups is 1. The first kappa shape index (κ1) is 21.6. The molecule has 0 fully saturated rings. The van der Waals surface area contributed by atoms with Crippen LogP contribution >= 0.6 is 11.8 Å². The molecule has 4 rings (SSSR count). The maximum Gasteiger partial charge on any atom is 0.300 e. The molecule has 0 radical (unpaired) electrons. The van der Waals surface area contributed by atoms with Crippen LogP contribution in [0.3, 0.4) is 0 Å². The highest BCUT2D eigenvalue weighted by Gasteiger charge is 2.14. The summed E-state index contributed by atoms with van der Waals surface area (Å²) in [5.41, 5.74) is 3.63. The minimum Gasteiger partial charge on any atom is -0.494 e. The maximum atomic E-state index is 12.9. The van der Waals surface area contributed by atoms with Gasteiger partial charge in [-0.15, -0.1) is 10.2 Å². The molecule has 2 aromatic carbocycles. The average Bonchev–Trinajstić information content (AvgIpc) is 3.20. The summed E-state index contributed by atoms with van der Waals surface area (Å²) >= 11 is 1.22. The fraction of sp³-hybridized carbons (Fsp3) is 0.217. The third-order valence-corrected chi connectivity index (χ3v) is 5.93. The standard InChI is InChI=1S/C23H23N5O3S/c1-4-31-19-9-7-18(8-10-19)27-11-12-28-21(22(27)30)25-26-23(28)32-14-20(29)24-17-6-5-15(2)16(3)13-17/h5-13H,4,14H2,1-3H3,(H,24,29). The number of aromatic nitrogens is 4. The molecule has 0 aliphatic carbocycles. The van der Waals surface area contributed by atoms with Crippen LogP contribution in [0.25, 0.3) is 11.3 Å². The molecule has 2 aromatic heterocycles. The van der Waals surface area contributed by atoms with Gasteiger partial charge in [-0.05, 0) is 68.3 Å².